The van der Waals surface area contributed by atoms with Crippen molar-refractivity contribution in [3.05, 3.63) is 284 Å². The summed E-state index contributed by atoms with van der Waals surface area (Å²) < 4.78 is 4.79. The molecule has 0 amide bonds. The quantitative estimate of drug-likeness (QED) is 0.148. The Hall–Kier alpha value is -9.70. The van der Waals surface area contributed by atoms with Crippen LogP contribution in [-0.2, 0) is 5.41 Å². The maximum atomic E-state index is 2.45. The highest BCUT2D eigenvalue weighted by Gasteiger charge is 2.36. The van der Waals surface area contributed by atoms with Crippen molar-refractivity contribution in [1.82, 2.24) is 9.13 Å². The average molecular weight is 970 g/mol. The molecule has 3 heteroatoms. The van der Waals surface area contributed by atoms with E-state index in [0.717, 1.165) is 22.7 Å². The number of rotatable bonds is 8. The normalized spacial score (nSPS) is 12.7. The van der Waals surface area contributed by atoms with Crippen LogP contribution in [0.25, 0.3) is 110 Å². The highest BCUT2D eigenvalue weighted by Crippen LogP contribution is 2.52. The molecule has 0 aliphatic heterocycles. The molecule has 0 spiro atoms. The third kappa shape index (κ3) is 6.90. The van der Waals surface area contributed by atoms with Gasteiger partial charge in [-0.1, -0.05) is 196 Å². The van der Waals surface area contributed by atoms with Crippen LogP contribution in [0.2, 0.25) is 0 Å². The number of fused-ring (bicyclic) bond motifs is 10. The fourth-order valence-electron chi connectivity index (χ4n) is 12.6. The van der Waals surface area contributed by atoms with E-state index < -0.39 is 0 Å². The first kappa shape index (κ1) is 43.8. The monoisotopic (exact) mass is 969 g/mol. The second kappa shape index (κ2) is 17.2. The van der Waals surface area contributed by atoms with Gasteiger partial charge in [0.05, 0.1) is 22.1 Å². The topological polar surface area (TPSA) is 13.1 Å². The van der Waals surface area contributed by atoms with E-state index >= 15 is 0 Å². The third-order valence-corrected chi connectivity index (χ3v) is 16.3. The minimum absolute atomic E-state index is 0.251. The number of benzene rings is 12. The number of nitrogens with zero attached hydrogens (tertiary/aromatic N) is 3. The van der Waals surface area contributed by atoms with E-state index in [1.54, 1.807) is 0 Å². The lowest BCUT2D eigenvalue weighted by molar-refractivity contribution is 0.660. The molecule has 358 valence electrons. The van der Waals surface area contributed by atoms with Crippen molar-refractivity contribution in [2.45, 2.75) is 19.3 Å². The van der Waals surface area contributed by atoms with E-state index in [9.17, 15) is 0 Å². The van der Waals surface area contributed by atoms with Crippen molar-refractivity contribution in [2.75, 3.05) is 4.90 Å². The molecule has 1 aliphatic rings. The molecule has 14 aromatic rings. The summed E-state index contributed by atoms with van der Waals surface area (Å²) in [7, 11) is 0. The second-order valence-corrected chi connectivity index (χ2v) is 20.9. The number of aromatic nitrogens is 2. The molecule has 0 saturated carbocycles. The summed E-state index contributed by atoms with van der Waals surface area (Å²) >= 11 is 0. The Labute approximate surface area is 442 Å². The number of anilines is 3. The van der Waals surface area contributed by atoms with Gasteiger partial charge in [0.1, 0.15) is 0 Å². The van der Waals surface area contributed by atoms with Crippen LogP contribution in [0.5, 0.6) is 0 Å². The van der Waals surface area contributed by atoms with Gasteiger partial charge in [-0.05, 0) is 157 Å². The SMILES string of the molecule is CC1(C)c2cc(-c3ccc4c5ccccc5n(-c5ccccc5)c4c3)ccc2-c2ccc(N(c3ccc(-c4ccc(-n5c6ccccc6c6ccccc65)cc4)cc3)c3ccc(-c4cccc5ccccc45)cc3)cc21. The Morgan fingerprint density at radius 3 is 1.36 bits per heavy atom. The van der Waals surface area contributed by atoms with Crippen molar-refractivity contribution in [3.63, 3.8) is 0 Å². The zero-order chi connectivity index (χ0) is 50.5. The molecule has 0 bridgehead atoms. The fourth-order valence-corrected chi connectivity index (χ4v) is 12.6. The number of hydrogen-bond acceptors (Lipinski definition) is 1. The maximum Gasteiger partial charge on any atom is 0.0547 e. The summed E-state index contributed by atoms with van der Waals surface area (Å²) in [6, 6.07) is 101. The molecule has 0 saturated heterocycles. The highest BCUT2D eigenvalue weighted by molar-refractivity contribution is 6.11. The largest absolute Gasteiger partial charge is 0.310 e. The summed E-state index contributed by atoms with van der Waals surface area (Å²) in [5.74, 6) is 0. The van der Waals surface area contributed by atoms with Crippen molar-refractivity contribution in [3.8, 4) is 55.9 Å². The molecule has 76 heavy (non-hydrogen) atoms. The van der Waals surface area contributed by atoms with Gasteiger partial charge < -0.3 is 14.0 Å². The first-order valence-electron chi connectivity index (χ1n) is 26.4. The molecule has 12 aromatic carbocycles. The molecule has 2 aromatic heterocycles. The lowest BCUT2D eigenvalue weighted by atomic mass is 9.81. The Kier molecular flexibility index (Phi) is 9.92. The molecular formula is C73H51N3. The smallest absolute Gasteiger partial charge is 0.0547 e. The van der Waals surface area contributed by atoms with Crippen LogP contribution in [0.4, 0.5) is 17.1 Å². The molecule has 3 nitrogen and oxygen atoms in total. The van der Waals surface area contributed by atoms with Crippen LogP contribution in [0.3, 0.4) is 0 Å². The molecule has 15 rings (SSSR count). The van der Waals surface area contributed by atoms with Crippen LogP contribution in [0, 0.1) is 0 Å². The van der Waals surface area contributed by atoms with Crippen molar-refractivity contribution in [1.29, 1.82) is 0 Å². The van der Waals surface area contributed by atoms with Crippen LogP contribution in [0.15, 0.2) is 273 Å². The minimum atomic E-state index is -0.251. The van der Waals surface area contributed by atoms with Gasteiger partial charge in [0.25, 0.3) is 0 Å². The van der Waals surface area contributed by atoms with Gasteiger partial charge in [0, 0.05) is 55.4 Å². The van der Waals surface area contributed by atoms with Gasteiger partial charge in [-0.2, -0.15) is 0 Å². The Bertz CT molecular complexity index is 4520. The Morgan fingerprint density at radius 1 is 0.276 bits per heavy atom. The van der Waals surface area contributed by atoms with E-state index in [-0.39, 0.29) is 5.41 Å². The van der Waals surface area contributed by atoms with Gasteiger partial charge in [-0.15, -0.1) is 0 Å². The number of hydrogen-bond donors (Lipinski definition) is 0. The van der Waals surface area contributed by atoms with Crippen molar-refractivity contribution >= 4 is 71.4 Å². The molecule has 0 radical (unpaired) electrons. The van der Waals surface area contributed by atoms with Crippen LogP contribution >= 0.6 is 0 Å². The van der Waals surface area contributed by atoms with Crippen molar-refractivity contribution < 1.29 is 0 Å². The summed E-state index contributed by atoms with van der Waals surface area (Å²) in [5, 5.41) is 7.57. The lowest BCUT2D eigenvalue weighted by Gasteiger charge is -2.28. The molecule has 0 N–H and O–H groups in total. The van der Waals surface area contributed by atoms with Crippen LogP contribution in [0.1, 0.15) is 25.0 Å². The zero-order valence-electron chi connectivity index (χ0n) is 42.3. The first-order valence-corrected chi connectivity index (χ1v) is 26.4. The maximum absolute atomic E-state index is 2.45. The Balaban J connectivity index is 0.799. The molecular weight excluding hydrogens is 919 g/mol. The minimum Gasteiger partial charge on any atom is -0.310 e. The van der Waals surface area contributed by atoms with Crippen LogP contribution < -0.4 is 4.90 Å². The van der Waals surface area contributed by atoms with E-state index in [1.807, 2.05) is 0 Å². The zero-order valence-corrected chi connectivity index (χ0v) is 42.3. The standard InChI is InChI=1S/C73H51N3/c1-73(2)67-45-52(53-34-43-66-65-22-10-13-26-71(65)76(72(66)46-53)54-17-4-3-5-18-54)33-42-61(67)62-44-41-58(47-68(62)73)74(56-39-31-51(32-40-56)60-23-14-16-50-15-6-7-19-59(50)60)55-35-27-48(28-36-55)49-29-37-57(38-30-49)75-69-24-11-8-20-63(69)64-21-9-12-25-70(64)75/h3-47H,1-2H3. The van der Waals surface area contributed by atoms with Gasteiger partial charge in [0.2, 0.25) is 0 Å². The lowest BCUT2D eigenvalue weighted by Crippen LogP contribution is -2.16. The van der Waals surface area contributed by atoms with Gasteiger partial charge >= 0.3 is 0 Å². The molecule has 1 aliphatic carbocycles. The summed E-state index contributed by atoms with van der Waals surface area (Å²) in [6.07, 6.45) is 0. The average Bonchev–Trinajstić information content (AvgIpc) is 4.15. The van der Waals surface area contributed by atoms with E-state index in [0.29, 0.717) is 0 Å². The highest BCUT2D eigenvalue weighted by atomic mass is 15.1. The third-order valence-electron chi connectivity index (χ3n) is 16.3. The second-order valence-electron chi connectivity index (χ2n) is 20.9. The number of para-hydroxylation sites is 4. The van der Waals surface area contributed by atoms with Gasteiger partial charge in [-0.3, -0.25) is 0 Å². The summed E-state index contributed by atoms with van der Waals surface area (Å²) in [6.45, 7) is 4.79. The fraction of sp³-hybridized carbons (Fsp3) is 0.0411. The van der Waals surface area contributed by atoms with E-state index in [2.05, 4.69) is 301 Å². The molecule has 0 fully saturated rings. The molecule has 0 atom stereocenters. The molecule has 0 unspecified atom stereocenters. The van der Waals surface area contributed by atoms with Gasteiger partial charge in [0.15, 0.2) is 0 Å². The van der Waals surface area contributed by atoms with Crippen molar-refractivity contribution in [2.24, 2.45) is 0 Å². The molecule has 2 heterocycles. The van der Waals surface area contributed by atoms with Crippen LogP contribution in [-0.4, -0.2) is 9.13 Å². The first-order chi connectivity index (χ1) is 37.4. The van der Waals surface area contributed by atoms with E-state index in [4.69, 9.17) is 0 Å². The predicted octanol–water partition coefficient (Wildman–Crippen LogP) is 19.8. The Morgan fingerprint density at radius 2 is 0.711 bits per heavy atom. The summed E-state index contributed by atoms with van der Waals surface area (Å²) in [4.78, 5) is 2.42. The predicted molar refractivity (Wildman–Crippen MR) is 321 cm³/mol. The summed E-state index contributed by atoms with van der Waals surface area (Å²) in [5.41, 5.74) is 22.7. The van der Waals surface area contributed by atoms with Gasteiger partial charge in [-0.25, -0.2) is 0 Å². The van der Waals surface area contributed by atoms with E-state index in [1.165, 1.54) is 116 Å².